The van der Waals surface area contributed by atoms with Crippen LogP contribution in [0.5, 0.6) is 11.5 Å². The molecule has 1 N–H and O–H groups in total. The second kappa shape index (κ2) is 5.68. The maximum Gasteiger partial charge on any atom is 0.127 e. The van der Waals surface area contributed by atoms with E-state index in [2.05, 4.69) is 43.4 Å². The summed E-state index contributed by atoms with van der Waals surface area (Å²) < 4.78 is 5.89. The zero-order valence-corrected chi connectivity index (χ0v) is 12.1. The highest BCUT2D eigenvalue weighted by Crippen LogP contribution is 2.24. The number of benzene rings is 2. The molecule has 1 aliphatic rings. The lowest BCUT2D eigenvalue weighted by molar-refractivity contribution is 0.481. The van der Waals surface area contributed by atoms with Crippen LogP contribution in [-0.4, -0.2) is 6.04 Å². The van der Waals surface area contributed by atoms with Crippen LogP contribution in [0.1, 0.15) is 29.5 Å². The zero-order valence-electron chi connectivity index (χ0n) is 12.1. The van der Waals surface area contributed by atoms with Gasteiger partial charge in [-0.3, -0.25) is 0 Å². The predicted octanol–water partition coefficient (Wildman–Crippen LogP) is 4.35. The van der Waals surface area contributed by atoms with Crippen molar-refractivity contribution >= 4 is 0 Å². The molecule has 3 rings (SSSR count). The molecular formula is C18H21NO. The van der Waals surface area contributed by atoms with Gasteiger partial charge < -0.3 is 10.1 Å². The topological polar surface area (TPSA) is 21.3 Å². The number of aryl methyl sites for hydroxylation is 2. The first-order valence-corrected chi connectivity index (χ1v) is 7.28. The minimum Gasteiger partial charge on any atom is -0.457 e. The molecule has 2 aromatic carbocycles. The summed E-state index contributed by atoms with van der Waals surface area (Å²) in [5.41, 5.74) is 3.86. The van der Waals surface area contributed by atoms with Gasteiger partial charge in [-0.25, -0.2) is 0 Å². The number of nitrogens with one attached hydrogen (secondary N) is 1. The van der Waals surface area contributed by atoms with Crippen molar-refractivity contribution in [1.82, 2.24) is 5.32 Å². The van der Waals surface area contributed by atoms with Crippen molar-refractivity contribution in [2.24, 2.45) is 0 Å². The van der Waals surface area contributed by atoms with E-state index in [9.17, 15) is 0 Å². The van der Waals surface area contributed by atoms with Crippen molar-refractivity contribution in [3.05, 3.63) is 59.2 Å². The molecule has 0 saturated heterocycles. The summed E-state index contributed by atoms with van der Waals surface area (Å²) >= 11 is 0. The molecular weight excluding hydrogens is 246 g/mol. The molecule has 0 aliphatic heterocycles. The van der Waals surface area contributed by atoms with Crippen LogP contribution in [0, 0.1) is 13.8 Å². The summed E-state index contributed by atoms with van der Waals surface area (Å²) in [4.78, 5) is 0. The highest BCUT2D eigenvalue weighted by molar-refractivity contribution is 5.38. The number of hydrogen-bond acceptors (Lipinski definition) is 2. The molecule has 0 heterocycles. The van der Waals surface area contributed by atoms with E-state index in [-0.39, 0.29) is 0 Å². The van der Waals surface area contributed by atoms with Gasteiger partial charge in [-0.15, -0.1) is 0 Å². The Hall–Kier alpha value is -1.80. The van der Waals surface area contributed by atoms with E-state index in [1.165, 1.54) is 29.5 Å². The van der Waals surface area contributed by atoms with E-state index >= 15 is 0 Å². The molecule has 20 heavy (non-hydrogen) atoms. The van der Waals surface area contributed by atoms with E-state index in [0.29, 0.717) is 0 Å². The summed E-state index contributed by atoms with van der Waals surface area (Å²) in [6, 6.07) is 15.3. The van der Waals surface area contributed by atoms with Crippen molar-refractivity contribution in [1.29, 1.82) is 0 Å². The lowest BCUT2D eigenvalue weighted by Gasteiger charge is -2.09. The van der Waals surface area contributed by atoms with E-state index in [1.54, 1.807) is 0 Å². The van der Waals surface area contributed by atoms with Gasteiger partial charge in [0, 0.05) is 12.6 Å². The fraction of sp³-hybridized carbons (Fsp3) is 0.333. The largest absolute Gasteiger partial charge is 0.457 e. The summed E-state index contributed by atoms with van der Waals surface area (Å²) in [6.45, 7) is 5.17. The van der Waals surface area contributed by atoms with Gasteiger partial charge in [-0.2, -0.15) is 0 Å². The molecule has 2 heteroatoms. The molecule has 0 aromatic heterocycles. The molecule has 1 saturated carbocycles. The van der Waals surface area contributed by atoms with E-state index < -0.39 is 0 Å². The first-order valence-electron chi connectivity index (χ1n) is 7.28. The third kappa shape index (κ3) is 3.40. The fourth-order valence-corrected chi connectivity index (χ4v) is 2.14. The van der Waals surface area contributed by atoms with E-state index in [0.717, 1.165) is 24.1 Å². The van der Waals surface area contributed by atoms with Gasteiger partial charge >= 0.3 is 0 Å². The van der Waals surface area contributed by atoms with Crippen LogP contribution in [0.15, 0.2) is 42.5 Å². The number of rotatable bonds is 5. The quantitative estimate of drug-likeness (QED) is 0.869. The van der Waals surface area contributed by atoms with Crippen molar-refractivity contribution < 1.29 is 4.74 Å². The third-order valence-corrected chi connectivity index (χ3v) is 3.81. The van der Waals surface area contributed by atoms with Gasteiger partial charge in [0.15, 0.2) is 0 Å². The van der Waals surface area contributed by atoms with Crippen LogP contribution in [0.3, 0.4) is 0 Å². The lowest BCUT2D eigenvalue weighted by Crippen LogP contribution is -2.14. The van der Waals surface area contributed by atoms with Crippen LogP contribution in [0.2, 0.25) is 0 Å². The van der Waals surface area contributed by atoms with Gasteiger partial charge in [-0.1, -0.05) is 18.2 Å². The molecule has 0 bridgehead atoms. The maximum atomic E-state index is 5.89. The highest BCUT2D eigenvalue weighted by atomic mass is 16.5. The monoisotopic (exact) mass is 267 g/mol. The summed E-state index contributed by atoms with van der Waals surface area (Å²) in [5, 5.41) is 3.51. The minimum atomic E-state index is 0.751. The normalized spacial score (nSPS) is 14.3. The van der Waals surface area contributed by atoms with Crippen LogP contribution >= 0.6 is 0 Å². The predicted molar refractivity (Wildman–Crippen MR) is 82.3 cm³/mol. The Morgan fingerprint density at radius 2 is 1.65 bits per heavy atom. The Kier molecular flexibility index (Phi) is 3.75. The van der Waals surface area contributed by atoms with Crippen molar-refractivity contribution in [2.45, 2.75) is 39.3 Å². The number of hydrogen-bond donors (Lipinski definition) is 1. The summed E-state index contributed by atoms with van der Waals surface area (Å²) in [6.07, 6.45) is 2.65. The molecule has 1 fully saturated rings. The molecule has 0 amide bonds. The van der Waals surface area contributed by atoms with Gasteiger partial charge in [0.1, 0.15) is 11.5 Å². The molecule has 0 atom stereocenters. The van der Waals surface area contributed by atoms with E-state index in [1.807, 2.05) is 18.2 Å². The second-order valence-corrected chi connectivity index (χ2v) is 5.65. The van der Waals surface area contributed by atoms with Crippen molar-refractivity contribution in [2.75, 3.05) is 0 Å². The molecule has 0 unspecified atom stereocenters. The Labute approximate surface area is 120 Å². The first-order chi connectivity index (χ1) is 9.70. The van der Waals surface area contributed by atoms with Crippen molar-refractivity contribution in [3.8, 4) is 11.5 Å². The van der Waals surface area contributed by atoms with Gasteiger partial charge in [0.05, 0.1) is 0 Å². The molecule has 0 spiro atoms. The van der Waals surface area contributed by atoms with Crippen LogP contribution in [0.25, 0.3) is 0 Å². The zero-order chi connectivity index (χ0) is 13.9. The number of ether oxygens (including phenoxy) is 1. The van der Waals surface area contributed by atoms with Crippen molar-refractivity contribution in [3.63, 3.8) is 0 Å². The third-order valence-electron chi connectivity index (χ3n) is 3.81. The SMILES string of the molecule is Cc1ccc(Oc2ccc(CNC3CC3)cc2)cc1C. The second-order valence-electron chi connectivity index (χ2n) is 5.65. The lowest BCUT2D eigenvalue weighted by atomic mass is 10.1. The Morgan fingerprint density at radius 1 is 0.950 bits per heavy atom. The Morgan fingerprint density at radius 3 is 2.30 bits per heavy atom. The Bertz CT molecular complexity index is 585. The average Bonchev–Trinajstić information content (AvgIpc) is 3.26. The van der Waals surface area contributed by atoms with Crippen LogP contribution in [-0.2, 0) is 6.54 Å². The molecule has 2 nitrogen and oxygen atoms in total. The van der Waals surface area contributed by atoms with Crippen LogP contribution in [0.4, 0.5) is 0 Å². The smallest absolute Gasteiger partial charge is 0.127 e. The maximum absolute atomic E-state index is 5.89. The van der Waals surface area contributed by atoms with Gasteiger partial charge in [-0.05, 0) is 67.6 Å². The highest BCUT2D eigenvalue weighted by Gasteiger charge is 2.19. The molecule has 1 aliphatic carbocycles. The Balaban J connectivity index is 1.62. The van der Waals surface area contributed by atoms with Gasteiger partial charge in [0.25, 0.3) is 0 Å². The van der Waals surface area contributed by atoms with Gasteiger partial charge in [0.2, 0.25) is 0 Å². The molecule has 2 aromatic rings. The summed E-state index contributed by atoms with van der Waals surface area (Å²) in [7, 11) is 0. The first kappa shape index (κ1) is 13.2. The minimum absolute atomic E-state index is 0.751. The molecule has 0 radical (unpaired) electrons. The molecule has 104 valence electrons. The summed E-state index contributed by atoms with van der Waals surface area (Å²) in [5.74, 6) is 1.79. The average molecular weight is 267 g/mol. The van der Waals surface area contributed by atoms with E-state index in [4.69, 9.17) is 4.74 Å². The van der Waals surface area contributed by atoms with Crippen LogP contribution < -0.4 is 10.1 Å². The standard InChI is InChI=1S/C18H21NO/c1-13-3-8-18(11-14(13)2)20-17-9-4-15(5-10-17)12-19-16-6-7-16/h3-5,8-11,16,19H,6-7,12H2,1-2H3. The fourth-order valence-electron chi connectivity index (χ4n) is 2.14.